The molecule has 3 rings (SSSR count). The van der Waals surface area contributed by atoms with Crippen molar-refractivity contribution in [2.24, 2.45) is 0 Å². The van der Waals surface area contributed by atoms with Gasteiger partial charge in [0, 0.05) is 18.7 Å². The molecule has 0 saturated carbocycles. The number of hydrogen-bond acceptors (Lipinski definition) is 4. The molecular formula is C22H27N3OS. The van der Waals surface area contributed by atoms with Crippen molar-refractivity contribution in [3.05, 3.63) is 58.1 Å². The minimum Gasteiger partial charge on any atom is -0.308 e. The van der Waals surface area contributed by atoms with Gasteiger partial charge in [0.1, 0.15) is 0 Å². The predicted octanol–water partition coefficient (Wildman–Crippen LogP) is 4.74. The number of nitrogens with zero attached hydrogens (tertiary/aromatic N) is 3. The van der Waals surface area contributed by atoms with Gasteiger partial charge in [-0.1, -0.05) is 35.1 Å². The fourth-order valence-electron chi connectivity index (χ4n) is 3.03. The van der Waals surface area contributed by atoms with Crippen LogP contribution in [0.5, 0.6) is 0 Å². The Balaban J connectivity index is 2.07. The SMILES string of the molecule is Cc1ccc(C)c(C(=O)N(CCN(C)C)c2nc3c(C)c(C)ccc3s2)c1. The Bertz CT molecular complexity index is 991. The summed E-state index contributed by atoms with van der Waals surface area (Å²) in [5.41, 5.74) is 6.24. The zero-order chi connectivity index (χ0) is 19.7. The maximum absolute atomic E-state index is 13.4. The molecule has 142 valence electrons. The zero-order valence-electron chi connectivity index (χ0n) is 17.0. The summed E-state index contributed by atoms with van der Waals surface area (Å²) in [6.45, 7) is 9.59. The summed E-state index contributed by atoms with van der Waals surface area (Å²) in [4.78, 5) is 22.2. The van der Waals surface area contributed by atoms with Crippen molar-refractivity contribution >= 4 is 32.6 Å². The van der Waals surface area contributed by atoms with Gasteiger partial charge in [-0.2, -0.15) is 0 Å². The van der Waals surface area contributed by atoms with E-state index in [0.29, 0.717) is 6.54 Å². The number of rotatable bonds is 5. The molecule has 5 heteroatoms. The molecule has 0 aliphatic heterocycles. The van der Waals surface area contributed by atoms with E-state index >= 15 is 0 Å². The molecule has 4 nitrogen and oxygen atoms in total. The van der Waals surface area contributed by atoms with Crippen LogP contribution >= 0.6 is 11.3 Å². The third kappa shape index (κ3) is 4.04. The average Bonchev–Trinajstić information content (AvgIpc) is 3.04. The highest BCUT2D eigenvalue weighted by Crippen LogP contribution is 2.32. The van der Waals surface area contributed by atoms with Crippen LogP contribution < -0.4 is 4.90 Å². The van der Waals surface area contributed by atoms with Crippen molar-refractivity contribution < 1.29 is 4.79 Å². The maximum Gasteiger partial charge on any atom is 0.260 e. The summed E-state index contributed by atoms with van der Waals surface area (Å²) in [7, 11) is 4.04. The highest BCUT2D eigenvalue weighted by molar-refractivity contribution is 7.22. The number of likely N-dealkylation sites (N-methyl/N-ethyl adjacent to an activating group) is 1. The van der Waals surface area contributed by atoms with Crippen molar-refractivity contribution in [3.8, 4) is 0 Å². The van der Waals surface area contributed by atoms with Crippen molar-refractivity contribution in [1.29, 1.82) is 0 Å². The molecule has 0 aliphatic carbocycles. The number of aromatic nitrogens is 1. The van der Waals surface area contributed by atoms with E-state index in [1.165, 1.54) is 11.1 Å². The van der Waals surface area contributed by atoms with Crippen molar-refractivity contribution in [2.45, 2.75) is 27.7 Å². The monoisotopic (exact) mass is 381 g/mol. The van der Waals surface area contributed by atoms with Gasteiger partial charge in [0.25, 0.3) is 5.91 Å². The molecule has 0 radical (unpaired) electrons. The Hall–Kier alpha value is -2.24. The van der Waals surface area contributed by atoms with Crippen LogP contribution in [0.15, 0.2) is 30.3 Å². The van der Waals surface area contributed by atoms with E-state index in [2.05, 4.69) is 30.9 Å². The molecule has 2 aromatic carbocycles. The van der Waals surface area contributed by atoms with Crippen LogP contribution in [0.1, 0.15) is 32.6 Å². The molecule has 1 aromatic heterocycles. The quantitative estimate of drug-likeness (QED) is 0.640. The van der Waals surface area contributed by atoms with Gasteiger partial charge in [-0.05, 0) is 70.6 Å². The van der Waals surface area contributed by atoms with Crippen LogP contribution in [-0.2, 0) is 0 Å². The van der Waals surface area contributed by atoms with Gasteiger partial charge in [-0.15, -0.1) is 0 Å². The second-order valence-corrected chi connectivity index (χ2v) is 8.44. The molecule has 0 aliphatic rings. The molecule has 0 N–H and O–H groups in total. The van der Waals surface area contributed by atoms with E-state index < -0.39 is 0 Å². The third-order valence-electron chi connectivity index (χ3n) is 4.94. The van der Waals surface area contributed by atoms with Gasteiger partial charge in [-0.3, -0.25) is 9.69 Å². The van der Waals surface area contributed by atoms with Gasteiger partial charge in [0.2, 0.25) is 0 Å². The van der Waals surface area contributed by atoms with Crippen LogP contribution in [0.4, 0.5) is 5.13 Å². The Morgan fingerprint density at radius 1 is 1.00 bits per heavy atom. The molecule has 0 atom stereocenters. The van der Waals surface area contributed by atoms with Crippen LogP contribution in [0, 0.1) is 27.7 Å². The minimum absolute atomic E-state index is 0.0199. The summed E-state index contributed by atoms with van der Waals surface area (Å²) in [5, 5.41) is 0.770. The van der Waals surface area contributed by atoms with Gasteiger partial charge < -0.3 is 4.90 Å². The molecule has 0 unspecified atom stereocenters. The molecule has 27 heavy (non-hydrogen) atoms. The Morgan fingerprint density at radius 3 is 2.41 bits per heavy atom. The smallest absolute Gasteiger partial charge is 0.260 e. The van der Waals surface area contributed by atoms with E-state index in [9.17, 15) is 4.79 Å². The van der Waals surface area contributed by atoms with Gasteiger partial charge >= 0.3 is 0 Å². The van der Waals surface area contributed by atoms with Crippen LogP contribution in [0.3, 0.4) is 0 Å². The third-order valence-corrected chi connectivity index (χ3v) is 5.99. The van der Waals surface area contributed by atoms with E-state index in [1.807, 2.05) is 51.0 Å². The number of amides is 1. The number of carbonyl (C=O) groups excluding carboxylic acids is 1. The van der Waals surface area contributed by atoms with Crippen molar-refractivity contribution in [3.63, 3.8) is 0 Å². The lowest BCUT2D eigenvalue weighted by molar-refractivity contribution is 0.0984. The zero-order valence-corrected chi connectivity index (χ0v) is 17.8. The van der Waals surface area contributed by atoms with Crippen LogP contribution in [0.2, 0.25) is 0 Å². The molecule has 0 saturated heterocycles. The second kappa shape index (κ2) is 7.79. The van der Waals surface area contributed by atoms with Crippen molar-refractivity contribution in [1.82, 2.24) is 9.88 Å². The first-order valence-electron chi connectivity index (χ1n) is 9.18. The number of fused-ring (bicyclic) bond motifs is 1. The summed E-state index contributed by atoms with van der Waals surface area (Å²) in [6.07, 6.45) is 0. The predicted molar refractivity (Wildman–Crippen MR) is 115 cm³/mol. The number of hydrogen-bond donors (Lipinski definition) is 0. The van der Waals surface area contributed by atoms with E-state index in [-0.39, 0.29) is 5.91 Å². The fraction of sp³-hybridized carbons (Fsp3) is 0.364. The summed E-state index contributed by atoms with van der Waals surface area (Å²) in [6, 6.07) is 10.3. The summed E-state index contributed by atoms with van der Waals surface area (Å²) in [5.74, 6) is 0.0199. The van der Waals surface area contributed by atoms with Crippen molar-refractivity contribution in [2.75, 3.05) is 32.1 Å². The topological polar surface area (TPSA) is 36.4 Å². The maximum atomic E-state index is 13.4. The van der Waals surface area contributed by atoms with Crippen LogP contribution in [-0.4, -0.2) is 43.0 Å². The first-order valence-corrected chi connectivity index (χ1v) is 10.00. The summed E-state index contributed by atoms with van der Waals surface area (Å²) >= 11 is 1.59. The highest BCUT2D eigenvalue weighted by Gasteiger charge is 2.23. The second-order valence-electron chi connectivity index (χ2n) is 7.43. The van der Waals surface area contributed by atoms with E-state index in [4.69, 9.17) is 4.98 Å². The number of anilines is 1. The number of carbonyl (C=O) groups is 1. The largest absolute Gasteiger partial charge is 0.308 e. The first kappa shape index (κ1) is 19.5. The normalized spacial score (nSPS) is 11.4. The van der Waals surface area contributed by atoms with Gasteiger partial charge in [-0.25, -0.2) is 4.98 Å². The highest BCUT2D eigenvalue weighted by atomic mass is 32.1. The van der Waals surface area contributed by atoms with E-state index in [0.717, 1.165) is 38.6 Å². The van der Waals surface area contributed by atoms with Gasteiger partial charge in [0.15, 0.2) is 5.13 Å². The average molecular weight is 382 g/mol. The lowest BCUT2D eigenvalue weighted by Gasteiger charge is -2.23. The minimum atomic E-state index is 0.0199. The lowest BCUT2D eigenvalue weighted by atomic mass is 10.0. The molecule has 1 amide bonds. The van der Waals surface area contributed by atoms with E-state index in [1.54, 1.807) is 11.3 Å². The number of thiazole rings is 1. The standard InChI is InChI=1S/C22H27N3OS/c1-14-7-8-16(3)18(13-14)21(26)25(12-11-24(5)6)22-23-20-17(4)15(2)9-10-19(20)27-22/h7-10,13H,11-12H2,1-6H3. The molecule has 0 bridgehead atoms. The molecule has 0 fully saturated rings. The molecule has 3 aromatic rings. The number of benzene rings is 2. The fourth-order valence-corrected chi connectivity index (χ4v) is 4.07. The molecular weight excluding hydrogens is 354 g/mol. The Kier molecular flexibility index (Phi) is 5.63. The molecule has 1 heterocycles. The number of aryl methyl sites for hydroxylation is 4. The summed E-state index contributed by atoms with van der Waals surface area (Å²) < 4.78 is 1.12. The van der Waals surface area contributed by atoms with Gasteiger partial charge in [0.05, 0.1) is 10.2 Å². The Labute approximate surface area is 165 Å². The first-order chi connectivity index (χ1) is 12.8. The van der Waals surface area contributed by atoms with Crippen LogP contribution in [0.25, 0.3) is 10.2 Å². The Morgan fingerprint density at radius 2 is 1.70 bits per heavy atom. The molecule has 0 spiro atoms. The lowest BCUT2D eigenvalue weighted by Crippen LogP contribution is -2.37.